The highest BCUT2D eigenvalue weighted by atomic mass is 35.5. The summed E-state index contributed by atoms with van der Waals surface area (Å²) in [6, 6.07) is 7.61. The van der Waals surface area contributed by atoms with Crippen molar-refractivity contribution in [1.29, 1.82) is 0 Å². The summed E-state index contributed by atoms with van der Waals surface area (Å²) in [4.78, 5) is 18.5. The van der Waals surface area contributed by atoms with Gasteiger partial charge in [0.15, 0.2) is 0 Å². The monoisotopic (exact) mass is 513 g/mol. The highest BCUT2D eigenvalue weighted by Gasteiger charge is 2.31. The van der Waals surface area contributed by atoms with Crippen LogP contribution in [0.5, 0.6) is 5.75 Å². The van der Waals surface area contributed by atoms with E-state index in [0.717, 1.165) is 30.0 Å². The Hall–Kier alpha value is -1.26. The molecule has 32 heavy (non-hydrogen) atoms. The number of phenolic OH excluding ortho intramolecular Hbond substituents is 1. The van der Waals surface area contributed by atoms with Crippen LogP contribution in [0.25, 0.3) is 0 Å². The van der Waals surface area contributed by atoms with Gasteiger partial charge in [-0.2, -0.15) is 13.2 Å². The largest absolute Gasteiger partial charge is 0.507 e. The number of aromatic hydroxyl groups is 1. The zero-order valence-electron chi connectivity index (χ0n) is 17.1. The zero-order chi connectivity index (χ0) is 24.2. The van der Waals surface area contributed by atoms with Crippen LogP contribution in [0, 0.1) is 0 Å². The Labute approximate surface area is 193 Å². The first-order valence-electron chi connectivity index (χ1n) is 9.58. The first-order valence-corrected chi connectivity index (χ1v) is 12.3. The molecule has 12 heteroatoms. The maximum Gasteiger partial charge on any atom is 0.469 e. The fourth-order valence-corrected chi connectivity index (χ4v) is 4.75. The van der Waals surface area contributed by atoms with Crippen molar-refractivity contribution in [3.05, 3.63) is 52.5 Å². The second kappa shape index (κ2) is 10.8. The third-order valence-electron chi connectivity index (χ3n) is 4.70. The molecule has 1 atom stereocenters. The van der Waals surface area contributed by atoms with Crippen LogP contribution in [0.4, 0.5) is 13.2 Å². The summed E-state index contributed by atoms with van der Waals surface area (Å²) >= 11 is 7.29. The summed E-state index contributed by atoms with van der Waals surface area (Å²) in [5.41, 5.74) is 5.16. The van der Waals surface area contributed by atoms with Crippen molar-refractivity contribution in [3.8, 4) is 5.75 Å². The summed E-state index contributed by atoms with van der Waals surface area (Å²) in [6.07, 6.45) is -2.61. The molecule has 0 heterocycles. The van der Waals surface area contributed by atoms with E-state index < -0.39 is 25.1 Å². The van der Waals surface area contributed by atoms with Crippen LogP contribution < -0.4 is 5.73 Å². The van der Waals surface area contributed by atoms with E-state index in [1.165, 1.54) is 0 Å². The van der Waals surface area contributed by atoms with Gasteiger partial charge in [0, 0.05) is 15.5 Å². The van der Waals surface area contributed by atoms with Crippen LogP contribution in [0.1, 0.15) is 37.3 Å². The Morgan fingerprint density at radius 2 is 1.84 bits per heavy atom. The van der Waals surface area contributed by atoms with E-state index >= 15 is 0 Å². The number of hydrogen-bond acceptors (Lipinski definition) is 5. The molecule has 0 aliphatic rings. The van der Waals surface area contributed by atoms with E-state index in [9.17, 15) is 22.8 Å². The Bertz CT molecular complexity index is 988. The summed E-state index contributed by atoms with van der Waals surface area (Å²) in [5.74, 6) is -0.277. The summed E-state index contributed by atoms with van der Waals surface area (Å²) in [5, 5.41) is 10.3. The van der Waals surface area contributed by atoms with Crippen LogP contribution in [-0.2, 0) is 21.7 Å². The van der Waals surface area contributed by atoms with Gasteiger partial charge >= 0.3 is 14.0 Å². The zero-order valence-corrected chi connectivity index (χ0v) is 19.6. The van der Waals surface area contributed by atoms with Crippen LogP contribution in [0.3, 0.4) is 0 Å². The molecular formula is C20H24ClF3NO5PS. The third-order valence-corrected chi connectivity index (χ3v) is 6.55. The number of benzene rings is 2. The number of hydrogen-bond donors (Lipinski definition) is 4. The molecule has 6 nitrogen and oxygen atoms in total. The molecule has 0 spiro atoms. The smallest absolute Gasteiger partial charge is 0.469 e. The van der Waals surface area contributed by atoms with E-state index in [0.29, 0.717) is 41.2 Å². The van der Waals surface area contributed by atoms with Gasteiger partial charge in [0.1, 0.15) is 5.75 Å². The van der Waals surface area contributed by atoms with Gasteiger partial charge in [0.25, 0.3) is 0 Å². The molecule has 0 aliphatic carbocycles. The van der Waals surface area contributed by atoms with Gasteiger partial charge in [-0.25, -0.2) is 4.57 Å². The second-order valence-electron chi connectivity index (χ2n) is 7.41. The van der Waals surface area contributed by atoms with Crippen LogP contribution in [0.15, 0.2) is 46.2 Å². The summed E-state index contributed by atoms with van der Waals surface area (Å²) in [7, 11) is -4.65. The molecule has 0 unspecified atom stereocenters. The standard InChI is InChI=1S/C20H24ClF3NO5PS/c1-2-8-19(25,12-30-31(27,28)29)9-7-13-3-5-15(11-16(13)21)32-18-10-14(20(22,23)24)4-6-17(18)26/h3-6,10-11,26H,2,7-9,12,25H2,1H3,(H2,27,28,29)/t19-/m0/s1. The lowest BCUT2D eigenvalue weighted by Crippen LogP contribution is -2.44. The molecule has 0 amide bonds. The number of phosphoric acid groups is 1. The molecule has 2 aromatic carbocycles. The molecule has 2 aromatic rings. The van der Waals surface area contributed by atoms with E-state index in [4.69, 9.17) is 27.1 Å². The minimum absolute atomic E-state index is 0.0437. The fraction of sp³-hybridized carbons (Fsp3) is 0.400. The minimum Gasteiger partial charge on any atom is -0.507 e. The molecule has 178 valence electrons. The normalized spacial score (nSPS) is 14.4. The number of rotatable bonds is 10. The van der Waals surface area contributed by atoms with Crippen molar-refractivity contribution in [2.24, 2.45) is 5.73 Å². The molecule has 0 aliphatic heterocycles. The van der Waals surface area contributed by atoms with Gasteiger partial charge in [-0.05, 0) is 55.2 Å². The van der Waals surface area contributed by atoms with Gasteiger partial charge in [0.2, 0.25) is 0 Å². The van der Waals surface area contributed by atoms with Crippen molar-refractivity contribution < 1.29 is 37.2 Å². The summed E-state index contributed by atoms with van der Waals surface area (Å²) < 4.78 is 54.4. The van der Waals surface area contributed by atoms with E-state index in [-0.39, 0.29) is 17.3 Å². The van der Waals surface area contributed by atoms with E-state index in [1.54, 1.807) is 18.2 Å². The number of alkyl halides is 3. The Kier molecular flexibility index (Phi) is 9.09. The molecule has 0 saturated heterocycles. The lowest BCUT2D eigenvalue weighted by Gasteiger charge is -2.29. The first kappa shape index (κ1) is 27.0. The molecule has 2 rings (SSSR count). The average Bonchev–Trinajstić information content (AvgIpc) is 2.66. The van der Waals surface area contributed by atoms with Crippen molar-refractivity contribution in [1.82, 2.24) is 0 Å². The molecule has 0 radical (unpaired) electrons. The van der Waals surface area contributed by atoms with Crippen molar-refractivity contribution in [2.45, 2.75) is 54.1 Å². The second-order valence-corrected chi connectivity index (χ2v) is 10.2. The topological polar surface area (TPSA) is 113 Å². The maximum atomic E-state index is 12.9. The lowest BCUT2D eigenvalue weighted by molar-refractivity contribution is -0.137. The molecule has 0 saturated carbocycles. The van der Waals surface area contributed by atoms with Crippen LogP contribution in [0.2, 0.25) is 5.02 Å². The lowest BCUT2D eigenvalue weighted by atomic mass is 9.89. The number of nitrogens with two attached hydrogens (primary N) is 1. The van der Waals surface area contributed by atoms with Crippen molar-refractivity contribution >= 4 is 31.2 Å². The molecule has 0 aromatic heterocycles. The number of phosphoric ester groups is 1. The first-order chi connectivity index (χ1) is 14.7. The third kappa shape index (κ3) is 8.26. The fourth-order valence-electron chi connectivity index (χ4n) is 3.06. The Morgan fingerprint density at radius 3 is 2.41 bits per heavy atom. The number of phenols is 1. The quantitative estimate of drug-likeness (QED) is 0.299. The maximum absolute atomic E-state index is 12.9. The SMILES string of the molecule is CCC[C@](N)(CCc1ccc(Sc2cc(C(F)(F)F)ccc2O)cc1Cl)COP(=O)(O)O. The minimum atomic E-state index is -4.65. The Morgan fingerprint density at radius 1 is 1.16 bits per heavy atom. The van der Waals surface area contributed by atoms with Crippen LogP contribution >= 0.6 is 31.2 Å². The molecule has 0 fully saturated rings. The van der Waals surface area contributed by atoms with E-state index in [2.05, 4.69) is 4.52 Å². The highest BCUT2D eigenvalue weighted by Crippen LogP contribution is 2.41. The van der Waals surface area contributed by atoms with E-state index in [1.807, 2.05) is 6.92 Å². The van der Waals surface area contributed by atoms with Gasteiger partial charge in [0.05, 0.1) is 17.1 Å². The molecule has 0 bridgehead atoms. The van der Waals surface area contributed by atoms with Gasteiger partial charge in [-0.1, -0.05) is 42.8 Å². The highest BCUT2D eigenvalue weighted by molar-refractivity contribution is 7.99. The number of halogens is 4. The van der Waals surface area contributed by atoms with Gasteiger partial charge in [-0.15, -0.1) is 0 Å². The van der Waals surface area contributed by atoms with Gasteiger partial charge < -0.3 is 20.6 Å². The summed E-state index contributed by atoms with van der Waals surface area (Å²) in [6.45, 7) is 1.58. The molecular weight excluding hydrogens is 490 g/mol. The van der Waals surface area contributed by atoms with Crippen molar-refractivity contribution in [2.75, 3.05) is 6.61 Å². The average molecular weight is 514 g/mol. The molecule has 5 N–H and O–H groups in total. The number of aryl methyl sites for hydroxylation is 1. The Balaban J connectivity index is 2.12. The predicted molar refractivity (Wildman–Crippen MR) is 117 cm³/mol. The van der Waals surface area contributed by atoms with Gasteiger partial charge in [-0.3, -0.25) is 4.52 Å². The van der Waals surface area contributed by atoms with Crippen molar-refractivity contribution in [3.63, 3.8) is 0 Å². The van der Waals surface area contributed by atoms with Crippen LogP contribution in [-0.4, -0.2) is 27.0 Å². The predicted octanol–water partition coefficient (Wildman–Crippen LogP) is 5.76.